The molecule has 1 atom stereocenters. The molecule has 2 amide bonds. The van der Waals surface area contributed by atoms with Crippen molar-refractivity contribution in [3.8, 4) is 5.75 Å². The number of carbonyl (C=O) groups is 2. The molecule has 0 bridgehead atoms. The highest BCUT2D eigenvalue weighted by Gasteiger charge is 2.25. The number of aliphatic hydroxyl groups is 1. The summed E-state index contributed by atoms with van der Waals surface area (Å²) in [4.78, 5) is 37.8. The molecular formula is C33H42ClN5O5. The van der Waals surface area contributed by atoms with E-state index < -0.39 is 6.10 Å². The molecule has 236 valence electrons. The van der Waals surface area contributed by atoms with Crippen LogP contribution in [0.3, 0.4) is 0 Å². The van der Waals surface area contributed by atoms with E-state index in [2.05, 4.69) is 34.0 Å². The number of nitrogens with zero attached hydrogens (tertiary/aromatic N) is 4. The van der Waals surface area contributed by atoms with Crippen molar-refractivity contribution in [2.75, 3.05) is 32.7 Å². The topological polar surface area (TPSA) is 121 Å². The Labute approximate surface area is 263 Å². The summed E-state index contributed by atoms with van der Waals surface area (Å²) < 4.78 is 11.0. The van der Waals surface area contributed by atoms with E-state index in [1.807, 2.05) is 23.1 Å². The second-order valence-electron chi connectivity index (χ2n) is 12.3. The van der Waals surface area contributed by atoms with Gasteiger partial charge in [0, 0.05) is 63.1 Å². The van der Waals surface area contributed by atoms with Gasteiger partial charge in [0.25, 0.3) is 5.91 Å². The number of ether oxygens (including phenoxy) is 1. The summed E-state index contributed by atoms with van der Waals surface area (Å²) in [5, 5.41) is 14.2. The second kappa shape index (κ2) is 15.0. The molecule has 0 saturated carbocycles. The fourth-order valence-corrected chi connectivity index (χ4v) is 6.28. The average Bonchev–Trinajstić information content (AvgIpc) is 3.53. The maximum absolute atomic E-state index is 12.9. The van der Waals surface area contributed by atoms with Crippen LogP contribution in [0.4, 0.5) is 0 Å². The maximum atomic E-state index is 12.9. The predicted octanol–water partition coefficient (Wildman–Crippen LogP) is 4.28. The molecule has 2 N–H and O–H groups in total. The van der Waals surface area contributed by atoms with Crippen LogP contribution in [-0.2, 0) is 30.8 Å². The first kappa shape index (κ1) is 31.9. The summed E-state index contributed by atoms with van der Waals surface area (Å²) in [6.07, 6.45) is 7.93. The number of benzene rings is 1. The average molecular weight is 624 g/mol. The van der Waals surface area contributed by atoms with Gasteiger partial charge in [-0.2, -0.15) is 0 Å². The molecule has 2 aliphatic heterocycles. The lowest BCUT2D eigenvalue weighted by atomic mass is 9.91. The highest BCUT2D eigenvalue weighted by atomic mass is 35.5. The third-order valence-corrected chi connectivity index (χ3v) is 8.74. The molecule has 11 heteroatoms. The van der Waals surface area contributed by atoms with E-state index in [9.17, 15) is 14.7 Å². The number of aliphatic hydroxyl groups excluding tert-OH is 1. The van der Waals surface area contributed by atoms with Crippen LogP contribution in [-0.4, -0.2) is 75.5 Å². The Morgan fingerprint density at radius 1 is 1.20 bits per heavy atom. The Hall–Kier alpha value is -3.47. The number of β-amino-alcohol motifs (C(OH)–C–C–N with tert-alkyl or cyclic N) is 1. The number of fused-ring (bicyclic) bond motifs is 1. The van der Waals surface area contributed by atoms with Gasteiger partial charge in [-0.25, -0.2) is 4.98 Å². The van der Waals surface area contributed by atoms with Crippen molar-refractivity contribution >= 4 is 23.4 Å². The maximum Gasteiger partial charge on any atom is 0.251 e. The first-order chi connectivity index (χ1) is 21.2. The summed E-state index contributed by atoms with van der Waals surface area (Å²) in [5.74, 6) is 2.06. The number of aromatic nitrogens is 2. The Morgan fingerprint density at radius 2 is 2.02 bits per heavy atom. The van der Waals surface area contributed by atoms with E-state index in [0.29, 0.717) is 53.4 Å². The van der Waals surface area contributed by atoms with E-state index in [1.165, 1.54) is 6.39 Å². The Morgan fingerprint density at radius 3 is 2.77 bits per heavy atom. The molecule has 0 unspecified atom stereocenters. The van der Waals surface area contributed by atoms with Crippen LogP contribution in [0.1, 0.15) is 66.0 Å². The number of amides is 2. The van der Waals surface area contributed by atoms with Crippen LogP contribution in [0, 0.1) is 11.8 Å². The third-order valence-electron chi connectivity index (χ3n) is 8.32. The van der Waals surface area contributed by atoms with Gasteiger partial charge in [0.2, 0.25) is 5.91 Å². The Kier molecular flexibility index (Phi) is 10.9. The normalized spacial score (nSPS) is 16.5. The second-order valence-corrected chi connectivity index (χ2v) is 12.7. The highest BCUT2D eigenvalue weighted by Crippen LogP contribution is 2.34. The van der Waals surface area contributed by atoms with E-state index in [-0.39, 0.29) is 25.0 Å². The predicted molar refractivity (Wildman–Crippen MR) is 166 cm³/mol. The molecule has 1 fully saturated rings. The summed E-state index contributed by atoms with van der Waals surface area (Å²) in [6.45, 7) is 7.93. The number of piperidine rings is 1. The number of hydrogen-bond donors (Lipinski definition) is 2. The van der Waals surface area contributed by atoms with Crippen molar-refractivity contribution in [2.45, 2.75) is 65.2 Å². The first-order valence-corrected chi connectivity index (χ1v) is 15.8. The number of nitrogens with one attached hydrogen (secondary N) is 1. The lowest BCUT2D eigenvalue weighted by Crippen LogP contribution is -2.42. The van der Waals surface area contributed by atoms with E-state index >= 15 is 0 Å². The van der Waals surface area contributed by atoms with Crippen LogP contribution >= 0.6 is 11.6 Å². The molecule has 0 aliphatic carbocycles. The lowest BCUT2D eigenvalue weighted by molar-refractivity contribution is -0.133. The fraction of sp³-hybridized carbons (Fsp3) is 0.515. The van der Waals surface area contributed by atoms with Gasteiger partial charge in [-0.05, 0) is 66.8 Å². The first-order valence-electron chi connectivity index (χ1n) is 15.5. The molecular weight excluding hydrogens is 582 g/mol. The van der Waals surface area contributed by atoms with Gasteiger partial charge in [0.1, 0.15) is 12.4 Å². The van der Waals surface area contributed by atoms with Crippen LogP contribution in [0.5, 0.6) is 5.75 Å². The van der Waals surface area contributed by atoms with Crippen molar-refractivity contribution in [3.05, 3.63) is 76.2 Å². The highest BCUT2D eigenvalue weighted by molar-refractivity contribution is 6.33. The largest absolute Gasteiger partial charge is 0.484 e. The van der Waals surface area contributed by atoms with Gasteiger partial charge in [-0.3, -0.25) is 19.5 Å². The summed E-state index contributed by atoms with van der Waals surface area (Å²) >= 11 is 6.66. The molecule has 3 aromatic rings. The quantitative estimate of drug-likeness (QED) is 0.307. The molecule has 2 aliphatic rings. The molecule has 5 rings (SSSR count). The van der Waals surface area contributed by atoms with Gasteiger partial charge in [0.05, 0.1) is 17.3 Å². The summed E-state index contributed by atoms with van der Waals surface area (Å²) in [5.41, 5.74) is 3.57. The van der Waals surface area contributed by atoms with Crippen LogP contribution in [0.15, 0.2) is 47.5 Å². The monoisotopic (exact) mass is 623 g/mol. The zero-order valence-corrected chi connectivity index (χ0v) is 26.3. The molecule has 1 saturated heterocycles. The molecule has 4 heterocycles. The van der Waals surface area contributed by atoms with Gasteiger partial charge in [-0.1, -0.05) is 31.5 Å². The zero-order chi connectivity index (χ0) is 31.1. The van der Waals surface area contributed by atoms with Crippen molar-refractivity contribution in [3.63, 3.8) is 0 Å². The fourth-order valence-electron chi connectivity index (χ4n) is 5.94. The number of pyridine rings is 1. The molecule has 44 heavy (non-hydrogen) atoms. The number of carbonyl (C=O) groups excluding carboxylic acids is 2. The molecule has 1 aromatic carbocycles. The standard InChI is InChI=1S/C33H42ClN5O5/c1-22(2)13-31(41)39-11-6-23(7-12-39)14-26-15-24(5-9-36-26)33(42)37-16-27(40)19-38-10-8-29-25(18-38)3-4-30(32(29)34)43-20-28-17-35-21-44-28/h3-5,9,15,17,21-23,27,40H,6-8,10-14,16,18-20H2,1-2H3,(H,37,42)/t27-/m0/s1. The van der Waals surface area contributed by atoms with Crippen molar-refractivity contribution in [2.24, 2.45) is 11.8 Å². The Bertz CT molecular complexity index is 1410. The van der Waals surface area contributed by atoms with Crippen LogP contribution < -0.4 is 10.1 Å². The number of rotatable bonds is 12. The zero-order valence-electron chi connectivity index (χ0n) is 25.5. The summed E-state index contributed by atoms with van der Waals surface area (Å²) in [6, 6.07) is 7.41. The molecule has 10 nitrogen and oxygen atoms in total. The molecule has 2 aromatic heterocycles. The van der Waals surface area contributed by atoms with Crippen molar-refractivity contribution in [1.82, 2.24) is 25.1 Å². The third kappa shape index (κ3) is 8.58. The van der Waals surface area contributed by atoms with Gasteiger partial charge < -0.3 is 24.5 Å². The van der Waals surface area contributed by atoms with E-state index in [0.717, 1.165) is 62.1 Å². The van der Waals surface area contributed by atoms with Crippen LogP contribution in [0.2, 0.25) is 5.02 Å². The van der Waals surface area contributed by atoms with Gasteiger partial charge in [-0.15, -0.1) is 0 Å². The van der Waals surface area contributed by atoms with Gasteiger partial charge in [0.15, 0.2) is 12.2 Å². The SMILES string of the molecule is CC(C)CC(=O)N1CCC(Cc2cc(C(=O)NC[C@H](O)CN3CCc4c(ccc(OCc5cnco5)c4Cl)C3)ccn2)CC1. The molecule has 0 spiro atoms. The minimum Gasteiger partial charge on any atom is -0.484 e. The number of oxazole rings is 1. The lowest BCUT2D eigenvalue weighted by Gasteiger charge is -2.32. The minimum absolute atomic E-state index is 0.151. The van der Waals surface area contributed by atoms with E-state index in [1.54, 1.807) is 18.5 Å². The smallest absolute Gasteiger partial charge is 0.251 e. The van der Waals surface area contributed by atoms with Gasteiger partial charge >= 0.3 is 0 Å². The Balaban J connectivity index is 1.05. The number of hydrogen-bond acceptors (Lipinski definition) is 8. The number of halogens is 1. The summed E-state index contributed by atoms with van der Waals surface area (Å²) in [7, 11) is 0. The molecule has 0 radical (unpaired) electrons. The van der Waals surface area contributed by atoms with Crippen molar-refractivity contribution < 1.29 is 23.8 Å². The van der Waals surface area contributed by atoms with Crippen molar-refractivity contribution in [1.29, 1.82) is 0 Å². The minimum atomic E-state index is -0.717. The van der Waals surface area contributed by atoms with Crippen LogP contribution in [0.25, 0.3) is 0 Å². The van der Waals surface area contributed by atoms with E-state index in [4.69, 9.17) is 20.8 Å². The number of likely N-dealkylation sites (tertiary alicyclic amines) is 1.